The fourth-order valence-electron chi connectivity index (χ4n) is 2.83. The van der Waals surface area contributed by atoms with Crippen LogP contribution >= 0.6 is 12.2 Å². The molecule has 0 spiro atoms. The summed E-state index contributed by atoms with van der Waals surface area (Å²) in [4.78, 5) is 14.2. The highest BCUT2D eigenvalue weighted by Crippen LogP contribution is 2.37. The topological polar surface area (TPSA) is 58.4 Å². The molecule has 3 N–H and O–H groups in total. The van der Waals surface area contributed by atoms with E-state index in [0.29, 0.717) is 22.5 Å². The van der Waals surface area contributed by atoms with Crippen molar-refractivity contribution in [2.75, 3.05) is 13.1 Å². The number of nitrogens with one attached hydrogen (secondary N) is 1. The Balaban J connectivity index is 1.85. The average Bonchev–Trinajstić information content (AvgIpc) is 2.73. The predicted octanol–water partition coefficient (Wildman–Crippen LogP) is 1.62. The number of hydrogen-bond acceptors (Lipinski definition) is 3. The lowest BCUT2D eigenvalue weighted by Gasteiger charge is -2.17. The van der Waals surface area contributed by atoms with Gasteiger partial charge in [-0.25, -0.2) is 4.79 Å². The SMILES string of the molecule is C/C(N)=C/C(=S)NC(=O)N1CC2CCC[C@@H]2C1. The molecule has 2 aliphatic rings. The number of hydrogen-bond donors (Lipinski definition) is 2. The summed E-state index contributed by atoms with van der Waals surface area (Å²) in [5.74, 6) is 1.42. The van der Waals surface area contributed by atoms with Crippen molar-refractivity contribution in [1.82, 2.24) is 10.2 Å². The molecular weight excluding hydrogens is 234 g/mol. The molecule has 2 fully saturated rings. The molecule has 2 amide bonds. The van der Waals surface area contributed by atoms with E-state index in [1.54, 1.807) is 13.0 Å². The largest absolute Gasteiger partial charge is 0.402 e. The second kappa shape index (κ2) is 5.04. The van der Waals surface area contributed by atoms with Gasteiger partial charge in [0.05, 0.1) is 0 Å². The van der Waals surface area contributed by atoms with E-state index in [-0.39, 0.29) is 6.03 Å². The summed E-state index contributed by atoms with van der Waals surface area (Å²) in [5.41, 5.74) is 6.11. The van der Waals surface area contributed by atoms with Crippen LogP contribution in [0.4, 0.5) is 4.79 Å². The minimum atomic E-state index is -0.0816. The van der Waals surface area contributed by atoms with Gasteiger partial charge in [-0.1, -0.05) is 18.6 Å². The van der Waals surface area contributed by atoms with Crippen LogP contribution in [0.2, 0.25) is 0 Å². The molecule has 17 heavy (non-hydrogen) atoms. The van der Waals surface area contributed by atoms with Gasteiger partial charge in [-0.3, -0.25) is 5.32 Å². The van der Waals surface area contributed by atoms with Gasteiger partial charge in [0, 0.05) is 18.8 Å². The highest BCUT2D eigenvalue weighted by Gasteiger charge is 2.37. The first-order valence-electron chi connectivity index (χ1n) is 6.10. The fourth-order valence-corrected chi connectivity index (χ4v) is 3.10. The van der Waals surface area contributed by atoms with Crippen LogP contribution < -0.4 is 11.1 Å². The Morgan fingerprint density at radius 2 is 2.00 bits per heavy atom. The zero-order chi connectivity index (χ0) is 12.4. The molecule has 0 aromatic rings. The Bertz CT molecular complexity index is 351. The first kappa shape index (κ1) is 12.4. The van der Waals surface area contributed by atoms with Gasteiger partial charge < -0.3 is 10.6 Å². The van der Waals surface area contributed by atoms with E-state index in [4.69, 9.17) is 18.0 Å². The van der Waals surface area contributed by atoms with E-state index in [0.717, 1.165) is 13.1 Å². The molecule has 0 bridgehead atoms. The van der Waals surface area contributed by atoms with Gasteiger partial charge in [-0.15, -0.1) is 0 Å². The average molecular weight is 253 g/mol. The van der Waals surface area contributed by atoms with Crippen molar-refractivity contribution >= 4 is 23.2 Å². The molecule has 0 aromatic carbocycles. The summed E-state index contributed by atoms with van der Waals surface area (Å²) in [6.45, 7) is 3.51. The normalized spacial score (nSPS) is 28.1. The molecule has 1 unspecified atom stereocenters. The third kappa shape index (κ3) is 2.97. The van der Waals surface area contributed by atoms with Crippen molar-refractivity contribution in [2.24, 2.45) is 17.6 Å². The van der Waals surface area contributed by atoms with Gasteiger partial charge in [-0.2, -0.15) is 0 Å². The van der Waals surface area contributed by atoms with Crippen LogP contribution in [-0.2, 0) is 0 Å². The minimum absolute atomic E-state index is 0.0816. The Morgan fingerprint density at radius 1 is 1.41 bits per heavy atom. The first-order valence-corrected chi connectivity index (χ1v) is 6.50. The van der Waals surface area contributed by atoms with Crippen molar-refractivity contribution < 1.29 is 4.79 Å². The highest BCUT2D eigenvalue weighted by atomic mass is 32.1. The van der Waals surface area contributed by atoms with Gasteiger partial charge in [0.15, 0.2) is 0 Å². The van der Waals surface area contributed by atoms with E-state index < -0.39 is 0 Å². The Kier molecular flexibility index (Phi) is 3.66. The number of rotatable bonds is 1. The summed E-state index contributed by atoms with van der Waals surface area (Å²) >= 11 is 5.03. The lowest BCUT2D eigenvalue weighted by atomic mass is 10.0. The number of fused-ring (bicyclic) bond motifs is 1. The minimum Gasteiger partial charge on any atom is -0.402 e. The third-order valence-electron chi connectivity index (χ3n) is 3.60. The molecule has 2 rings (SSSR count). The summed E-state index contributed by atoms with van der Waals surface area (Å²) in [6, 6.07) is -0.0816. The van der Waals surface area contributed by atoms with Gasteiger partial charge in [0.2, 0.25) is 0 Å². The van der Waals surface area contributed by atoms with Gasteiger partial charge in [-0.05, 0) is 37.7 Å². The lowest BCUT2D eigenvalue weighted by molar-refractivity contribution is 0.210. The zero-order valence-corrected chi connectivity index (χ0v) is 10.9. The maximum atomic E-state index is 11.9. The van der Waals surface area contributed by atoms with Gasteiger partial charge in [0.25, 0.3) is 0 Å². The number of urea groups is 1. The van der Waals surface area contributed by atoms with Crippen molar-refractivity contribution in [3.63, 3.8) is 0 Å². The number of likely N-dealkylation sites (tertiary alicyclic amines) is 1. The van der Waals surface area contributed by atoms with Crippen LogP contribution in [-0.4, -0.2) is 29.0 Å². The van der Waals surface area contributed by atoms with Crippen LogP contribution in [0.5, 0.6) is 0 Å². The fraction of sp³-hybridized carbons (Fsp3) is 0.667. The van der Waals surface area contributed by atoms with Gasteiger partial charge >= 0.3 is 6.03 Å². The molecule has 1 saturated heterocycles. The number of carbonyl (C=O) groups excluding carboxylic acids is 1. The molecule has 0 radical (unpaired) electrons. The molecule has 0 aromatic heterocycles. The van der Waals surface area contributed by atoms with Crippen LogP contribution in [0.3, 0.4) is 0 Å². The van der Waals surface area contributed by atoms with Crippen molar-refractivity contribution in [3.05, 3.63) is 11.8 Å². The standard InChI is InChI=1S/C12H19N3OS/c1-8(13)5-11(17)14-12(16)15-6-9-3-2-4-10(9)7-15/h5,9-10H,2-4,6-7,13H2,1H3,(H,14,16,17)/b8-5-/t9-,10?/m1/s1. The molecule has 4 nitrogen and oxygen atoms in total. The number of nitrogens with zero attached hydrogens (tertiary/aromatic N) is 1. The summed E-state index contributed by atoms with van der Waals surface area (Å²) in [6.07, 6.45) is 5.45. The maximum absolute atomic E-state index is 11.9. The summed E-state index contributed by atoms with van der Waals surface area (Å²) < 4.78 is 0. The van der Waals surface area contributed by atoms with E-state index in [2.05, 4.69) is 5.32 Å². The quantitative estimate of drug-likeness (QED) is 0.551. The van der Waals surface area contributed by atoms with Crippen LogP contribution in [0.15, 0.2) is 11.8 Å². The summed E-state index contributed by atoms with van der Waals surface area (Å²) in [5, 5.41) is 2.70. The van der Waals surface area contributed by atoms with E-state index in [1.807, 2.05) is 4.90 Å². The monoisotopic (exact) mass is 253 g/mol. The van der Waals surface area contributed by atoms with E-state index in [9.17, 15) is 4.79 Å². The number of amides is 2. The number of nitrogens with two attached hydrogens (primary N) is 1. The lowest BCUT2D eigenvalue weighted by Crippen LogP contribution is -2.41. The van der Waals surface area contributed by atoms with E-state index >= 15 is 0 Å². The molecule has 1 heterocycles. The molecule has 94 valence electrons. The van der Waals surface area contributed by atoms with Crippen LogP contribution in [0, 0.1) is 11.8 Å². The molecule has 2 atom stereocenters. The second-order valence-corrected chi connectivity index (χ2v) is 5.48. The van der Waals surface area contributed by atoms with Crippen molar-refractivity contribution in [2.45, 2.75) is 26.2 Å². The molecule has 5 heteroatoms. The third-order valence-corrected chi connectivity index (χ3v) is 3.82. The van der Waals surface area contributed by atoms with Crippen LogP contribution in [0.25, 0.3) is 0 Å². The maximum Gasteiger partial charge on any atom is 0.322 e. The zero-order valence-electron chi connectivity index (χ0n) is 10.1. The number of carbonyl (C=O) groups is 1. The van der Waals surface area contributed by atoms with E-state index in [1.165, 1.54) is 19.3 Å². The Morgan fingerprint density at radius 3 is 2.53 bits per heavy atom. The molecule has 1 saturated carbocycles. The Labute approximate surface area is 107 Å². The molecule has 1 aliphatic heterocycles. The highest BCUT2D eigenvalue weighted by molar-refractivity contribution is 7.80. The van der Waals surface area contributed by atoms with Crippen molar-refractivity contribution in [3.8, 4) is 0 Å². The van der Waals surface area contributed by atoms with Gasteiger partial charge in [0.1, 0.15) is 4.99 Å². The number of allylic oxidation sites excluding steroid dienone is 1. The van der Waals surface area contributed by atoms with Crippen LogP contribution in [0.1, 0.15) is 26.2 Å². The first-order chi connectivity index (χ1) is 8.06. The predicted molar refractivity (Wildman–Crippen MR) is 71.5 cm³/mol. The smallest absolute Gasteiger partial charge is 0.322 e. The summed E-state index contributed by atoms with van der Waals surface area (Å²) in [7, 11) is 0. The molecular formula is C12H19N3OS. The second-order valence-electron chi connectivity index (χ2n) is 5.04. The molecule has 1 aliphatic carbocycles. The number of thiocarbonyl (C=S) groups is 1. The van der Waals surface area contributed by atoms with Crippen molar-refractivity contribution in [1.29, 1.82) is 0 Å². The Hall–Kier alpha value is -1.10.